The van der Waals surface area contributed by atoms with Gasteiger partial charge >= 0.3 is 5.97 Å². The highest BCUT2D eigenvalue weighted by molar-refractivity contribution is 5.95. The summed E-state index contributed by atoms with van der Waals surface area (Å²) in [7, 11) is 2.07. The van der Waals surface area contributed by atoms with E-state index in [0.29, 0.717) is 18.6 Å². The molecule has 3 aromatic rings. The molecule has 0 unspecified atom stereocenters. The first-order chi connectivity index (χ1) is 19.4. The van der Waals surface area contributed by atoms with Crippen LogP contribution in [0.3, 0.4) is 0 Å². The number of rotatable bonds is 8. The molecule has 9 nitrogen and oxygen atoms in total. The predicted octanol–water partition coefficient (Wildman–Crippen LogP) is 2.93. The number of likely N-dealkylation sites (tertiary alicyclic amines) is 1. The number of aromatic carboxylic acids is 1. The van der Waals surface area contributed by atoms with E-state index in [4.69, 9.17) is 20.2 Å². The van der Waals surface area contributed by atoms with Crippen LogP contribution in [0.25, 0.3) is 22.5 Å². The number of likely N-dealkylation sites (N-methyl/N-ethyl adjacent to an activating group) is 1. The van der Waals surface area contributed by atoms with E-state index in [1.54, 1.807) is 0 Å². The summed E-state index contributed by atoms with van der Waals surface area (Å²) >= 11 is 0. The fraction of sp³-hybridized carbons (Fsp3) is 0.484. The number of hydrogen-bond donors (Lipinski definition) is 3. The van der Waals surface area contributed by atoms with Crippen LogP contribution >= 0.6 is 0 Å². The number of carbonyl (C=O) groups is 1. The molecule has 2 aromatic heterocycles. The molecule has 0 atom stereocenters. The minimum Gasteiger partial charge on any atom is -0.492 e. The highest BCUT2D eigenvalue weighted by atomic mass is 16.5. The minimum absolute atomic E-state index is 0.338. The van der Waals surface area contributed by atoms with E-state index in [9.17, 15) is 9.90 Å². The van der Waals surface area contributed by atoms with E-state index in [1.165, 1.54) is 0 Å². The third kappa shape index (κ3) is 4.23. The molecule has 40 heavy (non-hydrogen) atoms. The number of benzene rings is 1. The van der Waals surface area contributed by atoms with E-state index >= 15 is 0 Å². The van der Waals surface area contributed by atoms with Gasteiger partial charge in [0, 0.05) is 61.3 Å². The molecule has 4 N–H and O–H groups in total. The van der Waals surface area contributed by atoms with E-state index in [1.807, 2.05) is 30.5 Å². The smallest absolute Gasteiger partial charge is 0.337 e. The van der Waals surface area contributed by atoms with Crippen LogP contribution in [0.15, 0.2) is 36.5 Å². The molecule has 210 valence electrons. The number of nitrogens with two attached hydrogens (primary N) is 1. The average molecular weight is 544 g/mol. The second-order valence-corrected chi connectivity index (χ2v) is 12.0. The molecule has 2 saturated heterocycles. The van der Waals surface area contributed by atoms with Crippen molar-refractivity contribution < 1.29 is 19.4 Å². The number of aryl methyl sites for hydroxylation is 1. The molecule has 0 radical (unpaired) electrons. The Morgan fingerprint density at radius 3 is 2.60 bits per heavy atom. The van der Waals surface area contributed by atoms with Gasteiger partial charge < -0.3 is 30.2 Å². The van der Waals surface area contributed by atoms with Crippen molar-refractivity contribution in [2.24, 2.45) is 5.73 Å². The molecule has 2 aliphatic heterocycles. The lowest BCUT2D eigenvalue weighted by atomic mass is 9.68. The second-order valence-electron chi connectivity index (χ2n) is 12.0. The van der Waals surface area contributed by atoms with Crippen LogP contribution in [0.5, 0.6) is 5.75 Å². The van der Waals surface area contributed by atoms with Gasteiger partial charge in [-0.05, 0) is 74.2 Å². The number of ether oxygens (including phenoxy) is 2. The van der Waals surface area contributed by atoms with Crippen molar-refractivity contribution in [1.82, 2.24) is 19.8 Å². The van der Waals surface area contributed by atoms with Crippen molar-refractivity contribution in [2.75, 3.05) is 59.6 Å². The summed E-state index contributed by atoms with van der Waals surface area (Å²) in [5.41, 5.74) is 13.2. The largest absolute Gasteiger partial charge is 0.492 e. The van der Waals surface area contributed by atoms with Crippen molar-refractivity contribution in [3.05, 3.63) is 58.9 Å². The van der Waals surface area contributed by atoms with Crippen molar-refractivity contribution in [1.29, 1.82) is 0 Å². The zero-order valence-electron chi connectivity index (χ0n) is 23.0. The number of carboxylic acid groups (broad SMARTS) is 1. The molecule has 4 aliphatic rings. The van der Waals surface area contributed by atoms with Gasteiger partial charge in [-0.25, -0.2) is 4.79 Å². The fourth-order valence-electron chi connectivity index (χ4n) is 7.00. The van der Waals surface area contributed by atoms with Gasteiger partial charge in [-0.3, -0.25) is 9.88 Å². The van der Waals surface area contributed by atoms with Crippen LogP contribution in [0.2, 0.25) is 0 Å². The third-order valence-corrected chi connectivity index (χ3v) is 9.45. The van der Waals surface area contributed by atoms with Crippen LogP contribution in [0.1, 0.15) is 40.0 Å². The van der Waals surface area contributed by atoms with E-state index < -0.39 is 5.97 Å². The monoisotopic (exact) mass is 543 g/mol. The van der Waals surface area contributed by atoms with Crippen molar-refractivity contribution in [2.45, 2.75) is 36.6 Å². The Labute approximate surface area is 234 Å². The first kappa shape index (κ1) is 25.7. The lowest BCUT2D eigenvalue weighted by Gasteiger charge is -2.52. The molecule has 0 bridgehead atoms. The highest BCUT2D eigenvalue weighted by Crippen LogP contribution is 2.55. The molecule has 2 aliphatic carbocycles. The fourth-order valence-corrected chi connectivity index (χ4v) is 7.00. The van der Waals surface area contributed by atoms with Gasteiger partial charge in [0.25, 0.3) is 0 Å². The number of carboxylic acids is 1. The summed E-state index contributed by atoms with van der Waals surface area (Å²) < 4.78 is 11.4. The Balaban J connectivity index is 1.16. The molecule has 0 amide bonds. The zero-order valence-corrected chi connectivity index (χ0v) is 23.0. The van der Waals surface area contributed by atoms with Gasteiger partial charge in [-0.1, -0.05) is 0 Å². The number of H-pyrrole nitrogens is 1. The number of fused-ring (bicyclic) bond motifs is 3. The van der Waals surface area contributed by atoms with Crippen molar-refractivity contribution >= 4 is 5.97 Å². The maximum atomic E-state index is 12.7. The average Bonchev–Trinajstić information content (AvgIpc) is 3.57. The standard InChI is InChI=1S/C31H37N5O4/c1-35-18-30(19-35,31(32)8-9-31)28-26(29(37)38)23-7-4-21-17-33-25(16-24(21)27(23)34-28)20-2-5-22(6-3-20)40-15-12-36-10-13-39-14-11-36/h2-3,5-6,16-17,34H,4,7-15,18-19,32H2,1H3,(H,37,38). The maximum Gasteiger partial charge on any atom is 0.337 e. The minimum atomic E-state index is -0.868. The summed E-state index contributed by atoms with van der Waals surface area (Å²) in [6.45, 7) is 6.57. The molecule has 3 fully saturated rings. The topological polar surface area (TPSA) is 117 Å². The summed E-state index contributed by atoms with van der Waals surface area (Å²) in [5.74, 6) is -0.0310. The number of hydrogen-bond acceptors (Lipinski definition) is 7. The van der Waals surface area contributed by atoms with E-state index in [2.05, 4.69) is 27.9 Å². The number of aromatic nitrogens is 2. The Kier molecular flexibility index (Phi) is 6.23. The summed E-state index contributed by atoms with van der Waals surface area (Å²) in [4.78, 5) is 25.7. The molecule has 4 heterocycles. The van der Waals surface area contributed by atoms with Crippen LogP contribution in [-0.2, 0) is 23.0 Å². The lowest BCUT2D eigenvalue weighted by Crippen LogP contribution is -2.68. The first-order valence-corrected chi connectivity index (χ1v) is 14.4. The van der Waals surface area contributed by atoms with Gasteiger partial charge in [-0.15, -0.1) is 0 Å². The molecule has 9 heteroatoms. The van der Waals surface area contributed by atoms with Crippen LogP contribution in [0, 0.1) is 0 Å². The first-order valence-electron chi connectivity index (χ1n) is 14.4. The Hall–Kier alpha value is -3.24. The van der Waals surface area contributed by atoms with Crippen LogP contribution < -0.4 is 10.5 Å². The number of pyridine rings is 1. The van der Waals surface area contributed by atoms with Crippen LogP contribution in [0.4, 0.5) is 0 Å². The zero-order chi connectivity index (χ0) is 27.5. The Morgan fingerprint density at radius 2 is 1.93 bits per heavy atom. The van der Waals surface area contributed by atoms with Gasteiger partial charge in [-0.2, -0.15) is 0 Å². The normalized spacial score (nSPS) is 21.2. The third-order valence-electron chi connectivity index (χ3n) is 9.45. The molecular formula is C31H37N5O4. The van der Waals surface area contributed by atoms with Gasteiger partial charge in [0.05, 0.1) is 35.6 Å². The second kappa shape index (κ2) is 9.69. The Morgan fingerprint density at radius 1 is 1.18 bits per heavy atom. The highest BCUT2D eigenvalue weighted by Gasteiger charge is 2.64. The van der Waals surface area contributed by atoms with Gasteiger partial charge in [0.2, 0.25) is 0 Å². The molecule has 1 saturated carbocycles. The number of nitrogens with zero attached hydrogens (tertiary/aromatic N) is 3. The van der Waals surface area contributed by atoms with Crippen LogP contribution in [-0.4, -0.2) is 96.0 Å². The Bertz CT molecular complexity index is 1430. The summed E-state index contributed by atoms with van der Waals surface area (Å²) in [6, 6.07) is 10.2. The molecule has 7 rings (SSSR count). The van der Waals surface area contributed by atoms with E-state index in [-0.39, 0.29) is 11.0 Å². The van der Waals surface area contributed by atoms with Crippen molar-refractivity contribution in [3.63, 3.8) is 0 Å². The van der Waals surface area contributed by atoms with E-state index in [0.717, 1.165) is 110 Å². The van der Waals surface area contributed by atoms with Gasteiger partial charge in [0.15, 0.2) is 0 Å². The molecule has 1 aromatic carbocycles. The summed E-state index contributed by atoms with van der Waals surface area (Å²) in [5, 5.41) is 10.4. The number of morpholine rings is 1. The van der Waals surface area contributed by atoms with Crippen molar-refractivity contribution in [3.8, 4) is 28.3 Å². The maximum absolute atomic E-state index is 12.7. The quantitative estimate of drug-likeness (QED) is 0.397. The lowest BCUT2D eigenvalue weighted by molar-refractivity contribution is 0.0322. The van der Waals surface area contributed by atoms with Gasteiger partial charge in [0.1, 0.15) is 12.4 Å². The summed E-state index contributed by atoms with van der Waals surface area (Å²) in [6.07, 6.45) is 5.26. The number of aromatic amines is 1. The predicted molar refractivity (Wildman–Crippen MR) is 152 cm³/mol. The molecular weight excluding hydrogens is 506 g/mol. The number of nitrogens with one attached hydrogen (secondary N) is 1. The molecule has 0 spiro atoms. The SMILES string of the molecule is CN1CC(c2[nH]c3c(c2C(=O)O)CCc2cnc(-c4ccc(OCCN5CCOCC5)cc4)cc2-3)(C2(N)CC2)C1.